The van der Waals surface area contributed by atoms with Crippen molar-refractivity contribution in [1.29, 1.82) is 0 Å². The van der Waals surface area contributed by atoms with Crippen LogP contribution in [0.25, 0.3) is 0 Å². The van der Waals surface area contributed by atoms with Gasteiger partial charge < -0.3 is 19.7 Å². The van der Waals surface area contributed by atoms with Gasteiger partial charge in [-0.15, -0.1) is 12.4 Å². The summed E-state index contributed by atoms with van der Waals surface area (Å²) in [6.45, 7) is 7.33. The van der Waals surface area contributed by atoms with E-state index in [2.05, 4.69) is 10.2 Å². The number of hydrogen-bond donors (Lipinski definition) is 1. The number of carbonyl (C=O) groups excluding carboxylic acids is 1. The summed E-state index contributed by atoms with van der Waals surface area (Å²) in [7, 11) is 0. The summed E-state index contributed by atoms with van der Waals surface area (Å²) in [6, 6.07) is 8.08. The third-order valence-corrected chi connectivity index (χ3v) is 5.66. The van der Waals surface area contributed by atoms with Gasteiger partial charge in [-0.3, -0.25) is 9.69 Å². The first-order valence-corrected chi connectivity index (χ1v) is 9.88. The van der Waals surface area contributed by atoms with Crippen molar-refractivity contribution in [3.05, 3.63) is 29.8 Å². The topological polar surface area (TPSA) is 54.0 Å². The number of ether oxygens (including phenoxy) is 2. The van der Waals surface area contributed by atoms with Gasteiger partial charge in [0.1, 0.15) is 12.4 Å². The Hall–Kier alpha value is -1.34. The van der Waals surface area contributed by atoms with Crippen molar-refractivity contribution in [2.24, 2.45) is 0 Å². The van der Waals surface area contributed by atoms with Gasteiger partial charge in [-0.1, -0.05) is 6.07 Å². The molecule has 2 atom stereocenters. The van der Waals surface area contributed by atoms with Crippen LogP contribution < -0.4 is 10.1 Å². The molecule has 1 aromatic rings. The molecule has 0 aliphatic carbocycles. The molecule has 2 unspecified atom stereocenters. The molecule has 27 heavy (non-hydrogen) atoms. The smallest absolute Gasteiger partial charge is 0.254 e. The molecule has 7 heteroatoms. The number of carbonyl (C=O) groups is 1. The number of nitrogens with zero attached hydrogens (tertiary/aromatic N) is 2. The van der Waals surface area contributed by atoms with E-state index in [1.54, 1.807) is 0 Å². The van der Waals surface area contributed by atoms with Crippen LogP contribution in [0.2, 0.25) is 0 Å². The number of piperazine rings is 1. The van der Waals surface area contributed by atoms with E-state index in [0.29, 0.717) is 12.6 Å². The molecule has 4 rings (SSSR count). The van der Waals surface area contributed by atoms with Crippen molar-refractivity contribution >= 4 is 18.3 Å². The lowest BCUT2D eigenvalue weighted by atomic mass is 10.2. The maximum absolute atomic E-state index is 12.9. The lowest BCUT2D eigenvalue weighted by Gasteiger charge is -2.32. The van der Waals surface area contributed by atoms with E-state index in [1.807, 2.05) is 29.2 Å². The van der Waals surface area contributed by atoms with Crippen LogP contribution in [0.4, 0.5) is 0 Å². The fraction of sp³-hybridized carbons (Fsp3) is 0.650. The summed E-state index contributed by atoms with van der Waals surface area (Å²) < 4.78 is 11.4. The van der Waals surface area contributed by atoms with Crippen LogP contribution in [-0.4, -0.2) is 80.3 Å². The van der Waals surface area contributed by atoms with Crippen molar-refractivity contribution in [2.45, 2.75) is 31.4 Å². The molecule has 3 fully saturated rings. The quantitative estimate of drug-likeness (QED) is 0.823. The van der Waals surface area contributed by atoms with Crippen LogP contribution in [0.5, 0.6) is 5.75 Å². The molecule has 0 bridgehead atoms. The molecule has 3 aliphatic rings. The Morgan fingerprint density at radius 3 is 2.85 bits per heavy atom. The van der Waals surface area contributed by atoms with E-state index >= 15 is 0 Å². The van der Waals surface area contributed by atoms with Crippen molar-refractivity contribution in [3.63, 3.8) is 0 Å². The predicted molar refractivity (Wildman–Crippen MR) is 107 cm³/mol. The molecule has 0 aromatic heterocycles. The Morgan fingerprint density at radius 1 is 1.22 bits per heavy atom. The van der Waals surface area contributed by atoms with Gasteiger partial charge in [0.15, 0.2) is 0 Å². The highest BCUT2D eigenvalue weighted by Crippen LogP contribution is 2.21. The molecular weight excluding hydrogens is 366 g/mol. The second-order valence-electron chi connectivity index (χ2n) is 7.45. The molecule has 0 saturated carbocycles. The van der Waals surface area contributed by atoms with Gasteiger partial charge in [0.2, 0.25) is 0 Å². The Bertz CT molecular complexity index is 618. The van der Waals surface area contributed by atoms with Crippen LogP contribution in [0.15, 0.2) is 24.3 Å². The van der Waals surface area contributed by atoms with Gasteiger partial charge in [-0.05, 0) is 37.5 Å². The average Bonchev–Trinajstić information content (AvgIpc) is 3.39. The van der Waals surface area contributed by atoms with E-state index in [4.69, 9.17) is 9.47 Å². The number of amides is 1. The largest absolute Gasteiger partial charge is 0.491 e. The molecule has 6 nitrogen and oxygen atoms in total. The normalized spacial score (nSPS) is 26.0. The monoisotopic (exact) mass is 395 g/mol. The lowest BCUT2D eigenvalue weighted by molar-refractivity contribution is 0.0678. The molecule has 1 N–H and O–H groups in total. The third-order valence-electron chi connectivity index (χ3n) is 5.66. The zero-order valence-corrected chi connectivity index (χ0v) is 16.6. The summed E-state index contributed by atoms with van der Waals surface area (Å²) in [4.78, 5) is 17.4. The summed E-state index contributed by atoms with van der Waals surface area (Å²) in [5.41, 5.74) is 0.718. The first-order chi connectivity index (χ1) is 12.8. The first-order valence-electron chi connectivity index (χ1n) is 9.88. The Morgan fingerprint density at radius 2 is 2.07 bits per heavy atom. The Balaban J connectivity index is 0.00000210. The van der Waals surface area contributed by atoms with Gasteiger partial charge in [0.25, 0.3) is 5.91 Å². The SMILES string of the molecule is Cl.O=C(c1cccc(OCC2CCCO2)c1)N1CCC(N2CCNCC2)C1. The van der Waals surface area contributed by atoms with Gasteiger partial charge in [-0.2, -0.15) is 0 Å². The van der Waals surface area contributed by atoms with Crippen LogP contribution in [0.1, 0.15) is 29.6 Å². The molecule has 0 spiro atoms. The molecule has 1 amide bonds. The summed E-state index contributed by atoms with van der Waals surface area (Å²) in [5, 5.41) is 3.39. The first kappa shape index (κ1) is 20.4. The van der Waals surface area contributed by atoms with Crippen LogP contribution in [-0.2, 0) is 4.74 Å². The minimum absolute atomic E-state index is 0. The van der Waals surface area contributed by atoms with E-state index < -0.39 is 0 Å². The highest BCUT2D eigenvalue weighted by atomic mass is 35.5. The maximum atomic E-state index is 12.9. The second-order valence-corrected chi connectivity index (χ2v) is 7.45. The summed E-state index contributed by atoms with van der Waals surface area (Å²) in [5.74, 6) is 0.870. The van der Waals surface area contributed by atoms with Crippen molar-refractivity contribution in [1.82, 2.24) is 15.1 Å². The number of nitrogens with one attached hydrogen (secondary N) is 1. The zero-order valence-electron chi connectivity index (χ0n) is 15.8. The van der Waals surface area contributed by atoms with Gasteiger partial charge in [0.05, 0.1) is 6.10 Å². The summed E-state index contributed by atoms with van der Waals surface area (Å²) >= 11 is 0. The number of benzene rings is 1. The standard InChI is InChI=1S/C20H29N3O3.ClH/c24-20(23-9-6-17(14-23)22-10-7-21-8-11-22)16-3-1-4-18(13-16)26-15-19-5-2-12-25-19;/h1,3-4,13,17,19,21H,2,5-12,14-15H2;1H. The number of likely N-dealkylation sites (tertiary alicyclic amines) is 1. The molecule has 1 aromatic carbocycles. The van der Waals surface area contributed by atoms with Gasteiger partial charge in [0, 0.05) is 57.5 Å². The molecular formula is C20H30ClN3O3. The minimum Gasteiger partial charge on any atom is -0.491 e. The van der Waals surface area contributed by atoms with E-state index in [-0.39, 0.29) is 24.4 Å². The fourth-order valence-electron chi connectivity index (χ4n) is 4.14. The van der Waals surface area contributed by atoms with E-state index in [9.17, 15) is 4.79 Å². The number of halogens is 1. The lowest BCUT2D eigenvalue weighted by Crippen LogP contribution is -2.49. The molecule has 150 valence electrons. The Labute approximate surface area is 167 Å². The molecule has 3 aliphatic heterocycles. The van der Waals surface area contributed by atoms with Crippen molar-refractivity contribution in [3.8, 4) is 5.75 Å². The molecule has 0 radical (unpaired) electrons. The van der Waals surface area contributed by atoms with E-state index in [0.717, 1.165) is 76.5 Å². The Kier molecular flexibility index (Phi) is 7.35. The average molecular weight is 396 g/mol. The molecule has 3 heterocycles. The summed E-state index contributed by atoms with van der Waals surface area (Å²) in [6.07, 6.45) is 3.42. The second kappa shape index (κ2) is 9.73. The predicted octanol–water partition coefficient (Wildman–Crippen LogP) is 1.79. The molecule has 3 saturated heterocycles. The van der Waals surface area contributed by atoms with Gasteiger partial charge in [-0.25, -0.2) is 0 Å². The third kappa shape index (κ3) is 5.13. The van der Waals surface area contributed by atoms with Crippen molar-refractivity contribution in [2.75, 3.05) is 52.5 Å². The fourth-order valence-corrected chi connectivity index (χ4v) is 4.14. The van der Waals surface area contributed by atoms with Crippen LogP contribution >= 0.6 is 12.4 Å². The maximum Gasteiger partial charge on any atom is 0.254 e. The van der Waals surface area contributed by atoms with Crippen LogP contribution in [0, 0.1) is 0 Å². The van der Waals surface area contributed by atoms with Gasteiger partial charge >= 0.3 is 0 Å². The van der Waals surface area contributed by atoms with E-state index in [1.165, 1.54) is 0 Å². The zero-order chi connectivity index (χ0) is 17.8. The number of rotatable bonds is 5. The van der Waals surface area contributed by atoms with Crippen LogP contribution in [0.3, 0.4) is 0 Å². The highest BCUT2D eigenvalue weighted by molar-refractivity contribution is 5.94. The highest BCUT2D eigenvalue weighted by Gasteiger charge is 2.31. The minimum atomic E-state index is 0. The van der Waals surface area contributed by atoms with Crippen molar-refractivity contribution < 1.29 is 14.3 Å². The number of hydrogen-bond acceptors (Lipinski definition) is 5.